The van der Waals surface area contributed by atoms with Gasteiger partial charge in [0.1, 0.15) is 0 Å². The van der Waals surface area contributed by atoms with Gasteiger partial charge in [0.15, 0.2) is 0 Å². The number of amides is 1. The molecule has 0 aromatic heterocycles. The summed E-state index contributed by atoms with van der Waals surface area (Å²) in [4.78, 5) is 22.5. The Morgan fingerprint density at radius 1 is 1.43 bits per heavy atom. The van der Waals surface area contributed by atoms with E-state index in [2.05, 4.69) is 18.5 Å². The first-order chi connectivity index (χ1) is 9.93. The van der Waals surface area contributed by atoms with Crippen LogP contribution in [0.1, 0.15) is 34.8 Å². The largest absolute Gasteiger partial charge is 0.478 e. The smallest absolute Gasteiger partial charge is 0.328 e. The SMILES string of the molecule is CSC(C)CCNC(=O)c1ccc(/C=C/C(=O)O)c(C)c1. The molecule has 1 aromatic carbocycles. The maximum atomic E-state index is 12.0. The van der Waals surface area contributed by atoms with Gasteiger partial charge in [0.2, 0.25) is 0 Å². The molecule has 1 atom stereocenters. The van der Waals surface area contributed by atoms with E-state index in [-0.39, 0.29) is 5.91 Å². The van der Waals surface area contributed by atoms with E-state index in [0.29, 0.717) is 17.4 Å². The molecule has 114 valence electrons. The number of rotatable bonds is 7. The zero-order valence-electron chi connectivity index (χ0n) is 12.6. The Balaban J connectivity index is 2.66. The summed E-state index contributed by atoms with van der Waals surface area (Å²) in [5.41, 5.74) is 2.26. The highest BCUT2D eigenvalue weighted by molar-refractivity contribution is 7.99. The van der Waals surface area contributed by atoms with Gasteiger partial charge in [-0.3, -0.25) is 4.79 Å². The highest BCUT2D eigenvalue weighted by Crippen LogP contribution is 2.13. The van der Waals surface area contributed by atoms with E-state index in [9.17, 15) is 9.59 Å². The topological polar surface area (TPSA) is 66.4 Å². The molecule has 5 heteroatoms. The second-order valence-corrected chi connectivity index (χ2v) is 6.11. The van der Waals surface area contributed by atoms with Crippen molar-refractivity contribution in [3.05, 3.63) is 41.0 Å². The van der Waals surface area contributed by atoms with Gasteiger partial charge in [0.05, 0.1) is 0 Å². The van der Waals surface area contributed by atoms with Gasteiger partial charge in [-0.25, -0.2) is 4.79 Å². The van der Waals surface area contributed by atoms with E-state index in [1.165, 1.54) is 6.08 Å². The van der Waals surface area contributed by atoms with Gasteiger partial charge < -0.3 is 10.4 Å². The highest BCUT2D eigenvalue weighted by Gasteiger charge is 2.07. The van der Waals surface area contributed by atoms with Crippen LogP contribution >= 0.6 is 11.8 Å². The minimum atomic E-state index is -0.987. The Kier molecular flexibility index (Phi) is 7.02. The van der Waals surface area contributed by atoms with Gasteiger partial charge in [-0.15, -0.1) is 0 Å². The van der Waals surface area contributed by atoms with Gasteiger partial charge in [-0.05, 0) is 48.9 Å². The van der Waals surface area contributed by atoms with Crippen molar-refractivity contribution in [1.29, 1.82) is 0 Å². The number of thioether (sulfide) groups is 1. The molecule has 2 N–H and O–H groups in total. The number of hydrogen-bond donors (Lipinski definition) is 2. The van der Waals surface area contributed by atoms with Crippen LogP contribution in [0.2, 0.25) is 0 Å². The maximum absolute atomic E-state index is 12.0. The summed E-state index contributed by atoms with van der Waals surface area (Å²) in [5, 5.41) is 12.0. The molecule has 0 aliphatic heterocycles. The van der Waals surface area contributed by atoms with Crippen molar-refractivity contribution in [3.63, 3.8) is 0 Å². The van der Waals surface area contributed by atoms with Crippen molar-refractivity contribution in [2.75, 3.05) is 12.8 Å². The first-order valence-electron chi connectivity index (χ1n) is 6.76. The maximum Gasteiger partial charge on any atom is 0.328 e. The van der Waals surface area contributed by atoms with Crippen LogP contribution in [0.15, 0.2) is 24.3 Å². The molecule has 1 unspecified atom stereocenters. The van der Waals surface area contributed by atoms with E-state index >= 15 is 0 Å². The lowest BCUT2D eigenvalue weighted by Crippen LogP contribution is -2.26. The van der Waals surface area contributed by atoms with Gasteiger partial charge >= 0.3 is 5.97 Å². The summed E-state index contributed by atoms with van der Waals surface area (Å²) in [6.07, 6.45) is 5.61. The lowest BCUT2D eigenvalue weighted by atomic mass is 10.0. The molecule has 1 aromatic rings. The summed E-state index contributed by atoms with van der Waals surface area (Å²) in [6, 6.07) is 5.24. The fourth-order valence-corrected chi connectivity index (χ4v) is 2.13. The molecule has 21 heavy (non-hydrogen) atoms. The first kappa shape index (κ1) is 17.3. The Bertz CT molecular complexity index is 540. The van der Waals surface area contributed by atoms with E-state index in [1.807, 2.05) is 6.92 Å². The second-order valence-electron chi connectivity index (χ2n) is 4.83. The van der Waals surface area contributed by atoms with Gasteiger partial charge in [-0.2, -0.15) is 11.8 Å². The number of carboxylic acids is 1. The molecular weight excluding hydrogens is 286 g/mol. The molecule has 1 rings (SSSR count). The Morgan fingerprint density at radius 2 is 2.14 bits per heavy atom. The quantitative estimate of drug-likeness (QED) is 0.760. The predicted molar refractivity (Wildman–Crippen MR) is 87.8 cm³/mol. The van der Waals surface area contributed by atoms with Gasteiger partial charge in [0, 0.05) is 23.4 Å². The Morgan fingerprint density at radius 3 is 2.71 bits per heavy atom. The van der Waals surface area contributed by atoms with Crippen LogP contribution in [0.25, 0.3) is 6.08 Å². The average Bonchev–Trinajstić information content (AvgIpc) is 2.45. The zero-order valence-corrected chi connectivity index (χ0v) is 13.4. The number of aryl methyl sites for hydroxylation is 1. The molecule has 0 saturated carbocycles. The summed E-state index contributed by atoms with van der Waals surface area (Å²) >= 11 is 1.78. The minimum Gasteiger partial charge on any atom is -0.478 e. The molecule has 1 amide bonds. The first-order valence-corrected chi connectivity index (χ1v) is 8.05. The number of carbonyl (C=O) groups excluding carboxylic acids is 1. The van der Waals surface area contributed by atoms with Gasteiger partial charge in [-0.1, -0.05) is 13.0 Å². The van der Waals surface area contributed by atoms with Crippen molar-refractivity contribution in [2.45, 2.75) is 25.5 Å². The average molecular weight is 307 g/mol. The zero-order chi connectivity index (χ0) is 15.8. The Hall–Kier alpha value is -1.75. The van der Waals surface area contributed by atoms with Crippen LogP contribution in [0.5, 0.6) is 0 Å². The molecule has 0 aliphatic rings. The fraction of sp³-hybridized carbons (Fsp3) is 0.375. The van der Waals surface area contributed by atoms with E-state index in [4.69, 9.17) is 5.11 Å². The lowest BCUT2D eigenvalue weighted by molar-refractivity contribution is -0.131. The number of carbonyl (C=O) groups is 2. The molecule has 0 saturated heterocycles. The van der Waals surface area contributed by atoms with Crippen LogP contribution in [0, 0.1) is 6.92 Å². The number of aliphatic carboxylic acids is 1. The number of nitrogens with one attached hydrogen (secondary N) is 1. The number of carboxylic acid groups (broad SMARTS) is 1. The van der Waals surface area contributed by atoms with E-state index in [0.717, 1.165) is 23.6 Å². The summed E-state index contributed by atoms with van der Waals surface area (Å²) in [5.74, 6) is -1.08. The van der Waals surface area contributed by atoms with Crippen molar-refractivity contribution in [3.8, 4) is 0 Å². The summed E-state index contributed by atoms with van der Waals surface area (Å²) in [6.45, 7) is 4.64. The number of hydrogen-bond acceptors (Lipinski definition) is 3. The van der Waals surface area contributed by atoms with E-state index in [1.54, 1.807) is 30.0 Å². The molecule has 0 heterocycles. The van der Waals surface area contributed by atoms with Crippen LogP contribution in [-0.2, 0) is 4.79 Å². The predicted octanol–water partition coefficient (Wildman–Crippen LogP) is 2.96. The van der Waals surface area contributed by atoms with Crippen molar-refractivity contribution >= 4 is 29.7 Å². The minimum absolute atomic E-state index is 0.0971. The monoisotopic (exact) mass is 307 g/mol. The molecule has 0 radical (unpaired) electrons. The molecule has 4 nitrogen and oxygen atoms in total. The molecular formula is C16H21NO3S. The third-order valence-electron chi connectivity index (χ3n) is 3.18. The van der Waals surface area contributed by atoms with Gasteiger partial charge in [0.25, 0.3) is 5.91 Å². The Labute approximate surface area is 129 Å². The third-order valence-corrected chi connectivity index (χ3v) is 4.22. The molecule has 0 spiro atoms. The number of benzene rings is 1. The van der Waals surface area contributed by atoms with Crippen molar-refractivity contribution < 1.29 is 14.7 Å². The lowest BCUT2D eigenvalue weighted by Gasteiger charge is -2.10. The van der Waals surface area contributed by atoms with Crippen LogP contribution in [-0.4, -0.2) is 35.0 Å². The van der Waals surface area contributed by atoms with Crippen LogP contribution < -0.4 is 5.32 Å². The van der Waals surface area contributed by atoms with E-state index < -0.39 is 5.97 Å². The summed E-state index contributed by atoms with van der Waals surface area (Å²) < 4.78 is 0. The van der Waals surface area contributed by atoms with Crippen molar-refractivity contribution in [2.24, 2.45) is 0 Å². The normalized spacial score (nSPS) is 12.3. The molecule has 0 bridgehead atoms. The molecule has 0 fully saturated rings. The van der Waals surface area contributed by atoms with Crippen LogP contribution in [0.4, 0.5) is 0 Å². The van der Waals surface area contributed by atoms with Crippen LogP contribution in [0.3, 0.4) is 0 Å². The third kappa shape index (κ3) is 6.04. The van der Waals surface area contributed by atoms with Crippen molar-refractivity contribution in [1.82, 2.24) is 5.32 Å². The second kappa shape index (κ2) is 8.52. The highest BCUT2D eigenvalue weighted by atomic mass is 32.2. The summed E-state index contributed by atoms with van der Waals surface area (Å²) in [7, 11) is 0. The molecule has 0 aliphatic carbocycles. The fourth-order valence-electron chi connectivity index (χ4n) is 1.77. The standard InChI is InChI=1S/C16H21NO3S/c1-11-10-14(5-4-13(11)6-7-15(18)19)16(20)17-9-8-12(2)21-3/h4-7,10,12H,8-9H2,1-3H3,(H,17,20)(H,18,19)/b7-6+.